The molecule has 0 fully saturated rings. The SMILES string of the molecule is CCSCCSc1ccc(CNC)cc1. The van der Waals surface area contributed by atoms with Crippen molar-refractivity contribution in [3.63, 3.8) is 0 Å². The lowest BCUT2D eigenvalue weighted by atomic mass is 10.2. The summed E-state index contributed by atoms with van der Waals surface area (Å²) in [6, 6.07) is 8.83. The summed E-state index contributed by atoms with van der Waals surface area (Å²) in [5.74, 6) is 3.69. The summed E-state index contributed by atoms with van der Waals surface area (Å²) in [4.78, 5) is 1.38. The van der Waals surface area contributed by atoms with Crippen molar-refractivity contribution in [1.29, 1.82) is 0 Å². The Morgan fingerprint density at radius 2 is 1.87 bits per heavy atom. The molecule has 1 rings (SSSR count). The fraction of sp³-hybridized carbons (Fsp3) is 0.500. The van der Waals surface area contributed by atoms with Crippen LogP contribution in [0.4, 0.5) is 0 Å². The summed E-state index contributed by atoms with van der Waals surface area (Å²) >= 11 is 3.95. The molecule has 0 amide bonds. The van der Waals surface area contributed by atoms with Crippen molar-refractivity contribution >= 4 is 23.5 Å². The van der Waals surface area contributed by atoms with Gasteiger partial charge in [0, 0.05) is 22.9 Å². The molecule has 0 saturated carbocycles. The minimum absolute atomic E-state index is 0.955. The standard InChI is InChI=1S/C12H19NS2/c1-3-14-8-9-15-12-6-4-11(5-7-12)10-13-2/h4-7,13H,3,8-10H2,1-2H3. The van der Waals surface area contributed by atoms with E-state index in [2.05, 4.69) is 36.5 Å². The summed E-state index contributed by atoms with van der Waals surface area (Å²) in [5, 5.41) is 3.15. The van der Waals surface area contributed by atoms with Crippen molar-refractivity contribution < 1.29 is 0 Å². The van der Waals surface area contributed by atoms with Crippen LogP contribution in [0.1, 0.15) is 12.5 Å². The molecule has 0 heterocycles. The second kappa shape index (κ2) is 8.08. The van der Waals surface area contributed by atoms with Crippen molar-refractivity contribution in [2.24, 2.45) is 0 Å². The van der Waals surface area contributed by atoms with Crippen LogP contribution in [0.3, 0.4) is 0 Å². The highest BCUT2D eigenvalue weighted by Gasteiger charge is 1.95. The van der Waals surface area contributed by atoms with E-state index in [4.69, 9.17) is 0 Å². The molecule has 0 saturated heterocycles. The summed E-state index contributed by atoms with van der Waals surface area (Å²) in [7, 11) is 1.98. The van der Waals surface area contributed by atoms with E-state index in [-0.39, 0.29) is 0 Å². The highest BCUT2D eigenvalue weighted by atomic mass is 32.2. The molecule has 15 heavy (non-hydrogen) atoms. The van der Waals surface area contributed by atoms with E-state index in [1.54, 1.807) is 0 Å². The number of hydrogen-bond acceptors (Lipinski definition) is 3. The van der Waals surface area contributed by atoms with E-state index in [9.17, 15) is 0 Å². The zero-order valence-corrected chi connectivity index (χ0v) is 11.1. The van der Waals surface area contributed by atoms with Crippen LogP contribution in [0.2, 0.25) is 0 Å². The molecule has 1 N–H and O–H groups in total. The van der Waals surface area contributed by atoms with Crippen LogP contribution < -0.4 is 5.32 Å². The Bertz CT molecular complexity index is 259. The molecule has 0 spiro atoms. The van der Waals surface area contributed by atoms with Crippen LogP contribution in [-0.2, 0) is 6.54 Å². The molecule has 0 aliphatic carbocycles. The number of benzene rings is 1. The average Bonchev–Trinajstić information content (AvgIpc) is 2.27. The average molecular weight is 241 g/mol. The minimum Gasteiger partial charge on any atom is -0.316 e. The van der Waals surface area contributed by atoms with Gasteiger partial charge in [-0.05, 0) is 30.5 Å². The molecule has 0 unspecified atom stereocenters. The lowest BCUT2D eigenvalue weighted by molar-refractivity contribution is 0.817. The van der Waals surface area contributed by atoms with Crippen LogP contribution >= 0.6 is 23.5 Å². The van der Waals surface area contributed by atoms with Crippen molar-refractivity contribution in [3.05, 3.63) is 29.8 Å². The maximum absolute atomic E-state index is 3.15. The van der Waals surface area contributed by atoms with Crippen LogP contribution in [0, 0.1) is 0 Å². The first-order chi connectivity index (χ1) is 7.36. The molecule has 0 aliphatic rings. The summed E-state index contributed by atoms with van der Waals surface area (Å²) in [6.45, 7) is 3.17. The lowest BCUT2D eigenvalue weighted by Gasteiger charge is -2.03. The number of thioether (sulfide) groups is 2. The van der Waals surface area contributed by atoms with Gasteiger partial charge in [0.1, 0.15) is 0 Å². The number of hydrogen-bond donors (Lipinski definition) is 1. The normalized spacial score (nSPS) is 10.5. The van der Waals surface area contributed by atoms with E-state index >= 15 is 0 Å². The van der Waals surface area contributed by atoms with Gasteiger partial charge in [0.05, 0.1) is 0 Å². The van der Waals surface area contributed by atoms with Crippen molar-refractivity contribution in [2.75, 3.05) is 24.3 Å². The molecule has 0 radical (unpaired) electrons. The third-order valence-corrected chi connectivity index (χ3v) is 4.18. The molecule has 1 aromatic carbocycles. The highest BCUT2D eigenvalue weighted by Crippen LogP contribution is 2.19. The van der Waals surface area contributed by atoms with Gasteiger partial charge in [-0.15, -0.1) is 11.8 Å². The predicted molar refractivity (Wildman–Crippen MR) is 72.9 cm³/mol. The van der Waals surface area contributed by atoms with E-state index < -0.39 is 0 Å². The molecule has 0 aliphatic heterocycles. The minimum atomic E-state index is 0.955. The molecule has 0 aromatic heterocycles. The molecule has 0 bridgehead atoms. The van der Waals surface area contributed by atoms with Gasteiger partial charge in [0.15, 0.2) is 0 Å². The smallest absolute Gasteiger partial charge is 0.0202 e. The monoisotopic (exact) mass is 241 g/mol. The first-order valence-corrected chi connectivity index (χ1v) is 7.45. The summed E-state index contributed by atoms with van der Waals surface area (Å²) in [5.41, 5.74) is 1.35. The van der Waals surface area contributed by atoms with Crippen LogP contribution in [0.15, 0.2) is 29.2 Å². The van der Waals surface area contributed by atoms with E-state index in [1.165, 1.54) is 27.7 Å². The Balaban J connectivity index is 2.29. The van der Waals surface area contributed by atoms with Gasteiger partial charge in [0.2, 0.25) is 0 Å². The van der Waals surface area contributed by atoms with Gasteiger partial charge in [-0.3, -0.25) is 0 Å². The van der Waals surface area contributed by atoms with Crippen LogP contribution in [0.25, 0.3) is 0 Å². The Morgan fingerprint density at radius 1 is 1.13 bits per heavy atom. The maximum Gasteiger partial charge on any atom is 0.0202 e. The van der Waals surface area contributed by atoms with Gasteiger partial charge in [-0.25, -0.2) is 0 Å². The van der Waals surface area contributed by atoms with E-state index in [0.717, 1.165) is 6.54 Å². The topological polar surface area (TPSA) is 12.0 Å². The molecule has 1 aromatic rings. The zero-order valence-electron chi connectivity index (χ0n) is 9.45. The number of rotatable bonds is 7. The molecule has 84 valence electrons. The van der Waals surface area contributed by atoms with E-state index in [0.29, 0.717) is 0 Å². The Morgan fingerprint density at radius 3 is 2.47 bits per heavy atom. The van der Waals surface area contributed by atoms with Crippen molar-refractivity contribution in [1.82, 2.24) is 5.32 Å². The van der Waals surface area contributed by atoms with Gasteiger partial charge < -0.3 is 5.32 Å². The van der Waals surface area contributed by atoms with Gasteiger partial charge in [-0.1, -0.05) is 19.1 Å². The summed E-state index contributed by atoms with van der Waals surface area (Å²) in [6.07, 6.45) is 0. The molecule has 0 atom stereocenters. The zero-order chi connectivity index (χ0) is 10.9. The van der Waals surface area contributed by atoms with Gasteiger partial charge in [-0.2, -0.15) is 11.8 Å². The Hall–Kier alpha value is -0.120. The second-order valence-electron chi connectivity index (χ2n) is 3.22. The third kappa shape index (κ3) is 5.50. The predicted octanol–water partition coefficient (Wildman–Crippen LogP) is 3.25. The van der Waals surface area contributed by atoms with Crippen molar-refractivity contribution in [2.45, 2.75) is 18.4 Å². The lowest BCUT2D eigenvalue weighted by Crippen LogP contribution is -2.04. The molecular weight excluding hydrogens is 222 g/mol. The first-order valence-electron chi connectivity index (χ1n) is 5.31. The fourth-order valence-corrected chi connectivity index (χ4v) is 2.93. The molecule has 1 nitrogen and oxygen atoms in total. The van der Waals surface area contributed by atoms with E-state index in [1.807, 2.05) is 30.6 Å². The Labute approximate surface area is 101 Å². The van der Waals surface area contributed by atoms with Gasteiger partial charge in [0.25, 0.3) is 0 Å². The quantitative estimate of drug-likeness (QED) is 0.581. The van der Waals surface area contributed by atoms with Crippen LogP contribution in [-0.4, -0.2) is 24.3 Å². The molecule has 3 heteroatoms. The summed E-state index contributed by atoms with van der Waals surface area (Å²) < 4.78 is 0. The first kappa shape index (κ1) is 12.9. The third-order valence-electron chi connectivity index (χ3n) is 2.00. The molecular formula is C12H19NS2. The largest absolute Gasteiger partial charge is 0.316 e. The van der Waals surface area contributed by atoms with Crippen molar-refractivity contribution in [3.8, 4) is 0 Å². The Kier molecular flexibility index (Phi) is 6.98. The second-order valence-corrected chi connectivity index (χ2v) is 5.78. The fourth-order valence-electron chi connectivity index (χ4n) is 1.27. The van der Waals surface area contributed by atoms with Crippen LogP contribution in [0.5, 0.6) is 0 Å². The van der Waals surface area contributed by atoms with Gasteiger partial charge >= 0.3 is 0 Å². The maximum atomic E-state index is 3.15. The highest BCUT2D eigenvalue weighted by molar-refractivity contribution is 8.02. The number of nitrogens with one attached hydrogen (secondary N) is 1.